The summed E-state index contributed by atoms with van der Waals surface area (Å²) in [6.07, 6.45) is 1.89. The summed E-state index contributed by atoms with van der Waals surface area (Å²) >= 11 is 3.31. The van der Waals surface area contributed by atoms with E-state index in [2.05, 4.69) is 15.9 Å². The molecule has 1 aliphatic rings. The quantitative estimate of drug-likeness (QED) is 0.165. The van der Waals surface area contributed by atoms with Gasteiger partial charge >= 0.3 is 11.9 Å². The zero-order valence-corrected chi connectivity index (χ0v) is 20.2. The van der Waals surface area contributed by atoms with E-state index < -0.39 is 22.0 Å². The molecule has 3 rings (SSSR count). The molecule has 2 aromatic carbocycles. The van der Waals surface area contributed by atoms with E-state index in [0.29, 0.717) is 18.5 Å². The van der Waals surface area contributed by atoms with Crippen molar-refractivity contribution in [2.24, 2.45) is 0 Å². The first-order chi connectivity index (χ1) is 15.3. The number of carbonyl (C=O) groups excluding carboxylic acids is 2. The molecule has 9 heteroatoms. The number of nitrogens with zero attached hydrogens (tertiary/aromatic N) is 1. The predicted molar refractivity (Wildman–Crippen MR) is 123 cm³/mol. The van der Waals surface area contributed by atoms with Crippen molar-refractivity contribution in [2.45, 2.75) is 31.2 Å². The molecule has 2 atom stereocenters. The molecule has 1 fully saturated rings. The lowest BCUT2D eigenvalue weighted by Crippen LogP contribution is -2.18. The van der Waals surface area contributed by atoms with E-state index in [9.17, 15) is 18.0 Å². The minimum atomic E-state index is -3.58. The number of halogens is 1. The van der Waals surface area contributed by atoms with Gasteiger partial charge in [0, 0.05) is 17.1 Å². The summed E-state index contributed by atoms with van der Waals surface area (Å²) in [6, 6.07) is 13.5. The van der Waals surface area contributed by atoms with Crippen molar-refractivity contribution in [3.63, 3.8) is 0 Å². The Morgan fingerprint density at radius 3 is 2.22 bits per heavy atom. The lowest BCUT2D eigenvalue weighted by Gasteiger charge is -2.10. The Kier molecular flexibility index (Phi) is 7.86. The molecule has 170 valence electrons. The summed E-state index contributed by atoms with van der Waals surface area (Å²) in [5, 5.41) is 0. The SMILES string of the molecule is CCOC(=O)C(=Cc1ccccc1CC1CN1S(=O)(=O)c1ccc(Br)cc1)C(=O)OCC. The van der Waals surface area contributed by atoms with Gasteiger partial charge in [-0.15, -0.1) is 0 Å². The molecule has 0 aliphatic carbocycles. The highest BCUT2D eigenvalue weighted by Gasteiger charge is 2.44. The lowest BCUT2D eigenvalue weighted by atomic mass is 10.0. The molecule has 0 N–H and O–H groups in total. The fraction of sp³-hybridized carbons (Fsp3) is 0.304. The van der Waals surface area contributed by atoms with Gasteiger partial charge in [-0.05, 0) is 61.7 Å². The molecule has 32 heavy (non-hydrogen) atoms. The molecule has 1 heterocycles. The van der Waals surface area contributed by atoms with Crippen molar-refractivity contribution >= 4 is 44.0 Å². The average Bonchev–Trinajstić information content (AvgIpc) is 3.54. The van der Waals surface area contributed by atoms with Gasteiger partial charge in [-0.25, -0.2) is 18.0 Å². The number of ether oxygens (including phenoxy) is 2. The fourth-order valence-electron chi connectivity index (χ4n) is 3.25. The first-order valence-electron chi connectivity index (χ1n) is 10.2. The number of benzene rings is 2. The van der Waals surface area contributed by atoms with E-state index in [-0.39, 0.29) is 29.7 Å². The second-order valence-electron chi connectivity index (χ2n) is 7.08. The Labute approximate surface area is 196 Å². The second-order valence-corrected chi connectivity index (χ2v) is 9.89. The Morgan fingerprint density at radius 2 is 1.62 bits per heavy atom. The third-order valence-corrected chi connectivity index (χ3v) is 7.35. The Bertz CT molecular complexity index is 1110. The first kappa shape index (κ1) is 24.2. The number of rotatable bonds is 9. The maximum Gasteiger partial charge on any atom is 0.345 e. The normalized spacial score (nSPS) is 17.3. The molecule has 1 aliphatic heterocycles. The Hall–Kier alpha value is -2.49. The topological polar surface area (TPSA) is 89.8 Å². The van der Waals surface area contributed by atoms with Crippen molar-refractivity contribution in [1.82, 2.24) is 4.31 Å². The monoisotopic (exact) mass is 521 g/mol. The molecule has 0 aromatic heterocycles. The molecule has 1 saturated heterocycles. The minimum absolute atomic E-state index is 0.127. The van der Waals surface area contributed by atoms with Crippen LogP contribution in [-0.2, 0) is 35.5 Å². The van der Waals surface area contributed by atoms with Gasteiger partial charge in [0.05, 0.1) is 18.1 Å². The summed E-state index contributed by atoms with van der Waals surface area (Å²) in [5.41, 5.74) is 1.25. The van der Waals surface area contributed by atoms with E-state index in [0.717, 1.165) is 10.0 Å². The van der Waals surface area contributed by atoms with E-state index >= 15 is 0 Å². The standard InChI is InChI=1S/C23H24BrNO6S/c1-3-30-22(26)21(23(27)31-4-2)14-17-8-6-5-7-16(17)13-19-15-25(19)32(28,29)20-11-9-18(24)10-12-20/h5-12,14,19H,3-4,13,15H2,1-2H3. The van der Waals surface area contributed by atoms with Crippen molar-refractivity contribution in [2.75, 3.05) is 19.8 Å². The van der Waals surface area contributed by atoms with E-state index in [1.165, 1.54) is 10.4 Å². The first-order valence-corrected chi connectivity index (χ1v) is 12.4. The van der Waals surface area contributed by atoms with Crippen LogP contribution in [0.1, 0.15) is 25.0 Å². The number of sulfonamides is 1. The molecule has 0 bridgehead atoms. The number of esters is 2. The average molecular weight is 522 g/mol. The summed E-state index contributed by atoms with van der Waals surface area (Å²) < 4.78 is 38.0. The summed E-state index contributed by atoms with van der Waals surface area (Å²) in [7, 11) is -3.58. The molecule has 2 unspecified atom stereocenters. The van der Waals surface area contributed by atoms with Gasteiger partial charge < -0.3 is 9.47 Å². The highest BCUT2D eigenvalue weighted by molar-refractivity contribution is 9.10. The molecular weight excluding hydrogens is 498 g/mol. The van der Waals surface area contributed by atoms with Crippen molar-refractivity contribution in [3.05, 3.63) is 69.7 Å². The van der Waals surface area contributed by atoms with Crippen LogP contribution in [0.4, 0.5) is 0 Å². The molecule has 0 saturated carbocycles. The highest BCUT2D eigenvalue weighted by Crippen LogP contribution is 2.32. The molecule has 2 aromatic rings. The van der Waals surface area contributed by atoms with Crippen LogP contribution in [0.25, 0.3) is 6.08 Å². The van der Waals surface area contributed by atoms with Gasteiger partial charge in [0.15, 0.2) is 0 Å². The predicted octanol–water partition coefficient (Wildman–Crippen LogP) is 3.57. The number of hydrogen-bond acceptors (Lipinski definition) is 6. The molecular formula is C23H24BrNO6S. The smallest absolute Gasteiger partial charge is 0.345 e. The van der Waals surface area contributed by atoms with Crippen LogP contribution in [-0.4, -0.2) is 50.5 Å². The van der Waals surface area contributed by atoms with Crippen LogP contribution >= 0.6 is 15.9 Å². The lowest BCUT2D eigenvalue weighted by molar-refractivity contribution is -0.146. The fourth-order valence-corrected chi connectivity index (χ4v) is 5.10. The van der Waals surface area contributed by atoms with Gasteiger partial charge in [-0.3, -0.25) is 0 Å². The zero-order valence-electron chi connectivity index (χ0n) is 17.8. The highest BCUT2D eigenvalue weighted by atomic mass is 79.9. The number of carbonyl (C=O) groups is 2. The van der Waals surface area contributed by atoms with Gasteiger partial charge in [0.25, 0.3) is 0 Å². The Morgan fingerprint density at radius 1 is 1.03 bits per heavy atom. The summed E-state index contributed by atoms with van der Waals surface area (Å²) in [5.74, 6) is -1.52. The maximum atomic E-state index is 12.9. The zero-order chi connectivity index (χ0) is 23.3. The van der Waals surface area contributed by atoms with Crippen molar-refractivity contribution < 1.29 is 27.5 Å². The van der Waals surface area contributed by atoms with Crippen LogP contribution in [0.15, 0.2) is 63.5 Å². The van der Waals surface area contributed by atoms with Crippen molar-refractivity contribution in [3.8, 4) is 0 Å². The minimum Gasteiger partial charge on any atom is -0.462 e. The largest absolute Gasteiger partial charge is 0.462 e. The molecule has 7 nitrogen and oxygen atoms in total. The van der Waals surface area contributed by atoms with E-state index in [1.807, 2.05) is 12.1 Å². The van der Waals surface area contributed by atoms with Crippen LogP contribution in [0.2, 0.25) is 0 Å². The van der Waals surface area contributed by atoms with Crippen LogP contribution < -0.4 is 0 Å². The van der Waals surface area contributed by atoms with Gasteiger partial charge in [-0.2, -0.15) is 4.31 Å². The van der Waals surface area contributed by atoms with Gasteiger partial charge in [-0.1, -0.05) is 40.2 Å². The van der Waals surface area contributed by atoms with Gasteiger partial charge in [0.2, 0.25) is 10.0 Å². The molecule has 0 amide bonds. The third kappa shape index (κ3) is 5.65. The van der Waals surface area contributed by atoms with E-state index in [4.69, 9.17) is 9.47 Å². The molecule has 0 spiro atoms. The van der Waals surface area contributed by atoms with Crippen LogP contribution in [0, 0.1) is 0 Å². The van der Waals surface area contributed by atoms with Crippen molar-refractivity contribution in [1.29, 1.82) is 0 Å². The molecule has 0 radical (unpaired) electrons. The maximum absolute atomic E-state index is 12.9. The summed E-state index contributed by atoms with van der Waals surface area (Å²) in [6.45, 7) is 3.97. The Balaban J connectivity index is 1.83. The number of hydrogen-bond donors (Lipinski definition) is 0. The van der Waals surface area contributed by atoms with Gasteiger partial charge in [0.1, 0.15) is 5.57 Å². The van der Waals surface area contributed by atoms with E-state index in [1.54, 1.807) is 50.2 Å². The second kappa shape index (κ2) is 10.4. The summed E-state index contributed by atoms with van der Waals surface area (Å²) in [4.78, 5) is 24.8. The van der Waals surface area contributed by atoms with Crippen LogP contribution in [0.3, 0.4) is 0 Å². The van der Waals surface area contributed by atoms with Crippen LogP contribution in [0.5, 0.6) is 0 Å². The third-order valence-electron chi connectivity index (χ3n) is 4.89.